The molecule has 148 valence electrons. The average Bonchev–Trinajstić information content (AvgIpc) is 2.77. The van der Waals surface area contributed by atoms with Gasteiger partial charge in [0.25, 0.3) is 0 Å². The summed E-state index contributed by atoms with van der Waals surface area (Å²) in [6.07, 6.45) is 5.21. The molecule has 1 aliphatic heterocycles. The summed E-state index contributed by atoms with van der Waals surface area (Å²) in [4.78, 5) is 29.5. The second-order valence-electron chi connectivity index (χ2n) is 6.74. The molecule has 3 aromatic rings. The first-order valence-electron chi connectivity index (χ1n) is 9.45. The van der Waals surface area contributed by atoms with Crippen molar-refractivity contribution in [2.75, 3.05) is 41.3 Å². The summed E-state index contributed by atoms with van der Waals surface area (Å²) in [5.41, 5.74) is 1.35. The Bertz CT molecular complexity index is 958. The topological polar surface area (TPSA) is 74.2 Å². The van der Waals surface area contributed by atoms with E-state index in [9.17, 15) is 9.18 Å². The lowest BCUT2D eigenvalue weighted by Gasteiger charge is -2.35. The van der Waals surface area contributed by atoms with Crippen molar-refractivity contribution in [2.45, 2.75) is 6.42 Å². The quantitative estimate of drug-likeness (QED) is 0.719. The predicted octanol–water partition coefficient (Wildman–Crippen LogP) is 2.52. The highest BCUT2D eigenvalue weighted by Crippen LogP contribution is 2.19. The maximum Gasteiger partial charge on any atom is 0.230 e. The fourth-order valence-electron chi connectivity index (χ4n) is 3.27. The van der Waals surface area contributed by atoms with Crippen LogP contribution in [0.25, 0.3) is 0 Å². The van der Waals surface area contributed by atoms with Crippen molar-refractivity contribution in [3.8, 4) is 0 Å². The molecule has 2 aromatic heterocycles. The number of hydrogen-bond acceptors (Lipinski definition) is 6. The Labute approximate surface area is 168 Å². The van der Waals surface area contributed by atoms with Crippen molar-refractivity contribution in [2.24, 2.45) is 0 Å². The van der Waals surface area contributed by atoms with Crippen molar-refractivity contribution < 1.29 is 9.18 Å². The van der Waals surface area contributed by atoms with Gasteiger partial charge < -0.3 is 15.1 Å². The molecule has 0 radical (unpaired) electrons. The second kappa shape index (κ2) is 8.64. The van der Waals surface area contributed by atoms with E-state index in [1.807, 2.05) is 12.1 Å². The van der Waals surface area contributed by atoms with E-state index >= 15 is 0 Å². The summed E-state index contributed by atoms with van der Waals surface area (Å²) in [7, 11) is 0. The van der Waals surface area contributed by atoms with Crippen molar-refractivity contribution in [3.05, 3.63) is 72.4 Å². The Hall–Kier alpha value is -3.55. The number of nitrogens with zero attached hydrogens (tertiary/aromatic N) is 5. The number of hydrogen-bond donors (Lipinski definition) is 1. The smallest absolute Gasteiger partial charge is 0.230 e. The second-order valence-corrected chi connectivity index (χ2v) is 6.74. The average molecular weight is 392 g/mol. The minimum Gasteiger partial charge on any atom is -0.367 e. The molecule has 4 rings (SSSR count). The summed E-state index contributed by atoms with van der Waals surface area (Å²) < 4.78 is 13.7. The third-order valence-electron chi connectivity index (χ3n) is 4.80. The van der Waals surface area contributed by atoms with Crippen LogP contribution < -0.4 is 15.1 Å². The molecule has 0 spiro atoms. The van der Waals surface area contributed by atoms with Crippen LogP contribution in [0.5, 0.6) is 0 Å². The summed E-state index contributed by atoms with van der Waals surface area (Å²) in [5, 5.41) is 2.72. The predicted molar refractivity (Wildman–Crippen MR) is 109 cm³/mol. The molecule has 29 heavy (non-hydrogen) atoms. The summed E-state index contributed by atoms with van der Waals surface area (Å²) in [6.45, 7) is 3.31. The standard InChI is InChI=1S/C21H21FN6O/c22-18-5-2-1-4-16(18)14-20(29)26-19-7-6-17(15-25-19)27-10-12-28(13-11-27)21-23-8-3-9-24-21/h1-9,15H,10-14H2,(H,25,26,29). The third kappa shape index (κ3) is 4.66. The fraction of sp³-hybridized carbons (Fsp3) is 0.238. The molecule has 1 fully saturated rings. The monoisotopic (exact) mass is 392 g/mol. The Morgan fingerprint density at radius 1 is 0.931 bits per heavy atom. The first-order valence-corrected chi connectivity index (χ1v) is 9.45. The van der Waals surface area contributed by atoms with Crippen molar-refractivity contribution in [1.29, 1.82) is 0 Å². The van der Waals surface area contributed by atoms with Gasteiger partial charge in [-0.15, -0.1) is 0 Å². The van der Waals surface area contributed by atoms with Gasteiger partial charge in [0.1, 0.15) is 11.6 Å². The minimum absolute atomic E-state index is 0.0282. The van der Waals surface area contributed by atoms with E-state index in [2.05, 4.69) is 30.1 Å². The molecule has 8 heteroatoms. The first kappa shape index (κ1) is 18.8. The zero-order chi connectivity index (χ0) is 20.1. The molecule has 0 saturated carbocycles. The molecule has 3 heterocycles. The number of nitrogens with one attached hydrogen (secondary N) is 1. The van der Waals surface area contributed by atoms with E-state index in [-0.39, 0.29) is 18.1 Å². The van der Waals surface area contributed by atoms with Crippen LogP contribution >= 0.6 is 0 Å². The van der Waals surface area contributed by atoms with E-state index in [4.69, 9.17) is 0 Å². The van der Waals surface area contributed by atoms with Gasteiger partial charge in [-0.05, 0) is 29.8 Å². The van der Waals surface area contributed by atoms with Gasteiger partial charge in [0.15, 0.2) is 0 Å². The third-order valence-corrected chi connectivity index (χ3v) is 4.80. The number of rotatable bonds is 5. The molecule has 0 unspecified atom stereocenters. The first-order chi connectivity index (χ1) is 14.2. The van der Waals surface area contributed by atoms with Gasteiger partial charge in [-0.1, -0.05) is 18.2 Å². The lowest BCUT2D eigenvalue weighted by molar-refractivity contribution is -0.115. The Balaban J connectivity index is 1.31. The SMILES string of the molecule is O=C(Cc1ccccc1F)Nc1ccc(N2CCN(c3ncccn3)CC2)cn1. The highest BCUT2D eigenvalue weighted by molar-refractivity contribution is 5.91. The Morgan fingerprint density at radius 3 is 2.34 bits per heavy atom. The molecule has 0 aliphatic carbocycles. The molecule has 1 amide bonds. The van der Waals surface area contributed by atoms with Crippen LogP contribution in [0, 0.1) is 5.82 Å². The van der Waals surface area contributed by atoms with Crippen LogP contribution in [0.3, 0.4) is 0 Å². The highest BCUT2D eigenvalue weighted by Gasteiger charge is 2.19. The number of carbonyl (C=O) groups is 1. The Morgan fingerprint density at radius 2 is 1.66 bits per heavy atom. The number of benzene rings is 1. The molecular formula is C21H21FN6O. The molecule has 7 nitrogen and oxygen atoms in total. The number of piperazine rings is 1. The van der Waals surface area contributed by atoms with Gasteiger partial charge in [0.05, 0.1) is 18.3 Å². The van der Waals surface area contributed by atoms with Gasteiger partial charge in [0, 0.05) is 38.6 Å². The van der Waals surface area contributed by atoms with Gasteiger partial charge in [-0.25, -0.2) is 19.3 Å². The van der Waals surface area contributed by atoms with E-state index in [1.165, 1.54) is 6.07 Å². The van der Waals surface area contributed by atoms with Crippen LogP contribution in [0.1, 0.15) is 5.56 Å². The number of halogens is 1. The summed E-state index contributed by atoms with van der Waals surface area (Å²) in [6, 6.07) is 11.8. The molecule has 0 atom stereocenters. The van der Waals surface area contributed by atoms with Crippen LogP contribution in [0.15, 0.2) is 61.1 Å². The van der Waals surface area contributed by atoms with Gasteiger partial charge in [-0.3, -0.25) is 4.79 Å². The maximum absolute atomic E-state index is 13.7. The molecule has 1 aromatic carbocycles. The van der Waals surface area contributed by atoms with Crippen molar-refractivity contribution in [3.63, 3.8) is 0 Å². The number of anilines is 3. The molecule has 0 bridgehead atoms. The van der Waals surface area contributed by atoms with Crippen molar-refractivity contribution in [1.82, 2.24) is 15.0 Å². The van der Waals surface area contributed by atoms with Gasteiger partial charge in [0.2, 0.25) is 11.9 Å². The van der Waals surface area contributed by atoms with Gasteiger partial charge in [-0.2, -0.15) is 0 Å². The zero-order valence-electron chi connectivity index (χ0n) is 15.8. The summed E-state index contributed by atoms with van der Waals surface area (Å²) >= 11 is 0. The number of carbonyl (C=O) groups excluding carboxylic acids is 1. The van der Waals surface area contributed by atoms with Crippen LogP contribution in [-0.2, 0) is 11.2 Å². The van der Waals surface area contributed by atoms with Crippen LogP contribution in [-0.4, -0.2) is 47.0 Å². The highest BCUT2D eigenvalue weighted by atomic mass is 19.1. The minimum atomic E-state index is -0.383. The fourth-order valence-corrected chi connectivity index (χ4v) is 3.27. The zero-order valence-corrected chi connectivity index (χ0v) is 15.8. The van der Waals surface area contributed by atoms with Crippen molar-refractivity contribution >= 4 is 23.4 Å². The van der Waals surface area contributed by atoms with Gasteiger partial charge >= 0.3 is 0 Å². The molecular weight excluding hydrogens is 371 g/mol. The number of amides is 1. The molecule has 1 aliphatic rings. The molecule has 1 saturated heterocycles. The van der Waals surface area contributed by atoms with E-state index in [0.29, 0.717) is 11.4 Å². The lowest BCUT2D eigenvalue weighted by Crippen LogP contribution is -2.47. The van der Waals surface area contributed by atoms with Crippen LogP contribution in [0.2, 0.25) is 0 Å². The van der Waals surface area contributed by atoms with E-state index in [1.54, 1.807) is 42.9 Å². The lowest BCUT2D eigenvalue weighted by atomic mass is 10.1. The van der Waals surface area contributed by atoms with E-state index < -0.39 is 0 Å². The van der Waals surface area contributed by atoms with E-state index in [0.717, 1.165) is 37.8 Å². The van der Waals surface area contributed by atoms with Crippen LogP contribution in [0.4, 0.5) is 21.8 Å². The number of pyridine rings is 1. The number of aromatic nitrogens is 3. The largest absolute Gasteiger partial charge is 0.367 e. The summed E-state index contributed by atoms with van der Waals surface area (Å²) in [5.74, 6) is 0.516. The molecule has 1 N–H and O–H groups in total. The Kier molecular flexibility index (Phi) is 5.60. The maximum atomic E-state index is 13.7. The normalized spacial score (nSPS) is 14.0.